The molecule has 24 heavy (non-hydrogen) atoms. The number of piperidine rings is 1. The number of pyridine rings is 1. The predicted molar refractivity (Wildman–Crippen MR) is 101 cm³/mol. The average molecular weight is 321 g/mol. The van der Waals surface area contributed by atoms with E-state index in [2.05, 4.69) is 49.2 Å². The highest BCUT2D eigenvalue weighted by Crippen LogP contribution is 2.28. The van der Waals surface area contributed by atoms with E-state index in [1.807, 2.05) is 0 Å². The van der Waals surface area contributed by atoms with Gasteiger partial charge in [-0.1, -0.05) is 25.1 Å². The molecule has 1 fully saturated rings. The molecule has 0 aliphatic carbocycles. The maximum absolute atomic E-state index is 5.02. The van der Waals surface area contributed by atoms with E-state index in [4.69, 9.17) is 9.98 Å². The van der Waals surface area contributed by atoms with Crippen molar-refractivity contribution in [3.63, 3.8) is 0 Å². The van der Waals surface area contributed by atoms with Crippen LogP contribution in [0.4, 0.5) is 0 Å². The number of nitrogens with zero attached hydrogens (tertiary/aromatic N) is 3. The molecule has 0 N–H and O–H groups in total. The largest absolute Gasteiger partial charge is 0.306 e. The van der Waals surface area contributed by atoms with E-state index < -0.39 is 0 Å². The Bertz CT molecular complexity index is 757. The second kappa shape index (κ2) is 6.64. The molecule has 4 rings (SSSR count). The Morgan fingerprint density at radius 1 is 1.04 bits per heavy atom. The summed E-state index contributed by atoms with van der Waals surface area (Å²) in [6.07, 6.45) is 4.79. The van der Waals surface area contributed by atoms with Gasteiger partial charge in [-0.3, -0.25) is 9.98 Å². The van der Waals surface area contributed by atoms with E-state index in [1.54, 1.807) is 0 Å². The molecule has 0 radical (unpaired) electrons. The Kier molecular flexibility index (Phi) is 4.36. The van der Waals surface area contributed by atoms with Crippen LogP contribution in [0.25, 0.3) is 10.9 Å². The van der Waals surface area contributed by atoms with Crippen LogP contribution < -0.4 is 0 Å². The summed E-state index contributed by atoms with van der Waals surface area (Å²) < 4.78 is 0. The Morgan fingerprint density at radius 2 is 1.83 bits per heavy atom. The summed E-state index contributed by atoms with van der Waals surface area (Å²) in [5.41, 5.74) is 4.93. The van der Waals surface area contributed by atoms with E-state index >= 15 is 0 Å². The summed E-state index contributed by atoms with van der Waals surface area (Å²) in [5, 5.41) is 1.24. The summed E-state index contributed by atoms with van der Waals surface area (Å²) in [6, 6.07) is 11.1. The van der Waals surface area contributed by atoms with Gasteiger partial charge in [0.15, 0.2) is 0 Å². The smallest absolute Gasteiger partial charge is 0.0712 e. The molecule has 3 nitrogen and oxygen atoms in total. The van der Waals surface area contributed by atoms with Crippen LogP contribution in [0, 0.1) is 5.92 Å². The molecule has 0 saturated carbocycles. The minimum Gasteiger partial charge on any atom is -0.306 e. The Morgan fingerprint density at radius 3 is 2.58 bits per heavy atom. The molecule has 3 heteroatoms. The van der Waals surface area contributed by atoms with E-state index in [1.165, 1.54) is 54.7 Å². The van der Waals surface area contributed by atoms with Crippen LogP contribution in [-0.2, 0) is 0 Å². The molecule has 1 saturated heterocycles. The molecule has 0 spiro atoms. The Hall–Kier alpha value is -1.74. The molecule has 0 bridgehead atoms. The molecule has 126 valence electrons. The third-order valence-electron chi connectivity index (χ3n) is 5.65. The first-order valence-electron chi connectivity index (χ1n) is 9.32. The van der Waals surface area contributed by atoms with Gasteiger partial charge in [-0.25, -0.2) is 0 Å². The maximum atomic E-state index is 5.02. The van der Waals surface area contributed by atoms with Gasteiger partial charge in [0.1, 0.15) is 0 Å². The monoisotopic (exact) mass is 321 g/mol. The lowest BCUT2D eigenvalue weighted by molar-refractivity contribution is 0.253. The molecule has 0 amide bonds. The van der Waals surface area contributed by atoms with Gasteiger partial charge < -0.3 is 4.90 Å². The van der Waals surface area contributed by atoms with Crippen molar-refractivity contribution in [2.24, 2.45) is 10.9 Å². The first kappa shape index (κ1) is 15.8. The third-order valence-corrected chi connectivity index (χ3v) is 5.65. The van der Waals surface area contributed by atoms with Gasteiger partial charge in [-0.15, -0.1) is 0 Å². The number of fused-ring (bicyclic) bond motifs is 1. The SMILES string of the molecule is C[C@H]1CCC(c2ccc3ccc(C4CCN(C)CC4)nc3c2)=NC1. The van der Waals surface area contributed by atoms with Crippen molar-refractivity contribution < 1.29 is 0 Å². The second-order valence-corrected chi connectivity index (χ2v) is 7.65. The van der Waals surface area contributed by atoms with E-state index in [0.717, 1.165) is 24.4 Å². The number of rotatable bonds is 2. The number of hydrogen-bond acceptors (Lipinski definition) is 3. The van der Waals surface area contributed by atoms with Crippen molar-refractivity contribution >= 4 is 16.6 Å². The molecule has 2 aliphatic heterocycles. The van der Waals surface area contributed by atoms with Gasteiger partial charge in [0.25, 0.3) is 0 Å². The first-order valence-corrected chi connectivity index (χ1v) is 9.32. The third kappa shape index (κ3) is 3.23. The Labute approximate surface area is 144 Å². The van der Waals surface area contributed by atoms with Crippen molar-refractivity contribution in [3.05, 3.63) is 41.6 Å². The fraction of sp³-hybridized carbons (Fsp3) is 0.524. The van der Waals surface area contributed by atoms with Gasteiger partial charge >= 0.3 is 0 Å². The van der Waals surface area contributed by atoms with Gasteiger partial charge in [0, 0.05) is 29.3 Å². The minimum absolute atomic E-state index is 0.613. The van der Waals surface area contributed by atoms with Crippen LogP contribution in [0.15, 0.2) is 35.3 Å². The van der Waals surface area contributed by atoms with E-state index in [0.29, 0.717) is 5.92 Å². The predicted octanol–water partition coefficient (Wildman–Crippen LogP) is 4.26. The lowest BCUT2D eigenvalue weighted by atomic mass is 9.92. The van der Waals surface area contributed by atoms with Crippen LogP contribution in [-0.4, -0.2) is 42.3 Å². The number of benzene rings is 1. The van der Waals surface area contributed by atoms with E-state index in [-0.39, 0.29) is 0 Å². The highest BCUT2D eigenvalue weighted by Gasteiger charge is 2.20. The van der Waals surface area contributed by atoms with Gasteiger partial charge in [0.05, 0.1) is 5.52 Å². The van der Waals surface area contributed by atoms with Crippen LogP contribution in [0.1, 0.15) is 49.8 Å². The maximum Gasteiger partial charge on any atom is 0.0712 e. The molecule has 2 aromatic rings. The molecule has 2 aliphatic rings. The van der Waals surface area contributed by atoms with Gasteiger partial charge in [0.2, 0.25) is 0 Å². The normalized spacial score (nSPS) is 23.4. The quantitative estimate of drug-likeness (QED) is 0.826. The van der Waals surface area contributed by atoms with Crippen molar-refractivity contribution in [1.29, 1.82) is 0 Å². The minimum atomic E-state index is 0.613. The number of likely N-dealkylation sites (tertiary alicyclic amines) is 1. The molecule has 1 aromatic heterocycles. The van der Waals surface area contributed by atoms with Crippen molar-refractivity contribution in [3.8, 4) is 0 Å². The number of hydrogen-bond donors (Lipinski definition) is 0. The lowest BCUT2D eigenvalue weighted by Gasteiger charge is -2.28. The summed E-state index contributed by atoms with van der Waals surface area (Å²) in [6.45, 7) is 5.62. The van der Waals surface area contributed by atoms with E-state index in [9.17, 15) is 0 Å². The van der Waals surface area contributed by atoms with Gasteiger partial charge in [-0.2, -0.15) is 0 Å². The molecule has 0 unspecified atom stereocenters. The summed E-state index contributed by atoms with van der Waals surface area (Å²) >= 11 is 0. The molecule has 1 aromatic carbocycles. The molecule has 3 heterocycles. The van der Waals surface area contributed by atoms with Crippen molar-refractivity contribution in [2.75, 3.05) is 26.7 Å². The highest BCUT2D eigenvalue weighted by atomic mass is 15.1. The van der Waals surface area contributed by atoms with Crippen LogP contribution in [0.5, 0.6) is 0 Å². The average Bonchev–Trinajstić information content (AvgIpc) is 2.62. The summed E-state index contributed by atoms with van der Waals surface area (Å²) in [7, 11) is 2.21. The zero-order chi connectivity index (χ0) is 16.5. The molecular formula is C21H27N3. The fourth-order valence-electron chi connectivity index (χ4n) is 3.90. The fourth-order valence-corrected chi connectivity index (χ4v) is 3.90. The summed E-state index contributed by atoms with van der Waals surface area (Å²) in [5.74, 6) is 1.34. The van der Waals surface area contributed by atoms with Crippen molar-refractivity contribution in [1.82, 2.24) is 9.88 Å². The standard InChI is InChI=1S/C21H27N3/c1-15-3-7-19(22-14-15)18-5-4-16-6-8-20(23-21(16)13-18)17-9-11-24(2)12-10-17/h4-6,8,13,15,17H,3,7,9-12,14H2,1-2H3/t15-/m0/s1. The van der Waals surface area contributed by atoms with Crippen LogP contribution in [0.3, 0.4) is 0 Å². The number of aliphatic imine (C=N–C) groups is 1. The first-order chi connectivity index (χ1) is 11.7. The number of aromatic nitrogens is 1. The lowest BCUT2D eigenvalue weighted by Crippen LogP contribution is -2.29. The highest BCUT2D eigenvalue weighted by molar-refractivity contribution is 6.03. The topological polar surface area (TPSA) is 28.5 Å². The molecule has 1 atom stereocenters. The van der Waals surface area contributed by atoms with Crippen LogP contribution in [0.2, 0.25) is 0 Å². The van der Waals surface area contributed by atoms with Crippen molar-refractivity contribution in [2.45, 2.75) is 38.5 Å². The molecular weight excluding hydrogens is 294 g/mol. The zero-order valence-electron chi connectivity index (χ0n) is 14.8. The van der Waals surface area contributed by atoms with Crippen LogP contribution >= 0.6 is 0 Å². The Balaban J connectivity index is 1.63. The zero-order valence-corrected chi connectivity index (χ0v) is 14.8. The summed E-state index contributed by atoms with van der Waals surface area (Å²) in [4.78, 5) is 12.2. The van der Waals surface area contributed by atoms with Gasteiger partial charge in [-0.05, 0) is 69.4 Å². The second-order valence-electron chi connectivity index (χ2n) is 7.65.